The Morgan fingerprint density at radius 2 is 1.74 bits per heavy atom. The van der Waals surface area contributed by atoms with E-state index in [-0.39, 0.29) is 18.4 Å². The normalized spacial score (nSPS) is 16.0. The smallest absolute Gasteiger partial charge is 0.410 e. The van der Waals surface area contributed by atoms with Gasteiger partial charge in [0.1, 0.15) is 11.4 Å². The number of methoxy groups -OCH3 is 1. The van der Waals surface area contributed by atoms with Gasteiger partial charge < -0.3 is 24.0 Å². The number of unbranched alkanes of at least 4 members (excludes halogenated alkanes) is 1. The molecule has 1 heterocycles. The van der Waals surface area contributed by atoms with Crippen molar-refractivity contribution in [3.8, 4) is 5.75 Å². The Morgan fingerprint density at radius 3 is 2.26 bits per heavy atom. The van der Waals surface area contributed by atoms with Crippen LogP contribution < -0.4 is 9.64 Å². The Hall–Kier alpha value is -2.28. The maximum absolute atomic E-state index is 13.0. The molecule has 0 saturated carbocycles. The molecule has 2 rings (SSSR count). The van der Waals surface area contributed by atoms with Crippen LogP contribution in [0.5, 0.6) is 5.75 Å². The molecule has 1 aromatic rings. The van der Waals surface area contributed by atoms with Crippen molar-refractivity contribution in [3.05, 3.63) is 24.3 Å². The second-order valence-corrected chi connectivity index (χ2v) is 9.18. The minimum atomic E-state index is -0.576. The van der Waals surface area contributed by atoms with Gasteiger partial charge in [-0.3, -0.25) is 4.79 Å². The molecule has 0 bridgehead atoms. The third-order valence-corrected chi connectivity index (χ3v) is 5.60. The molecule has 7 nitrogen and oxygen atoms in total. The van der Waals surface area contributed by atoms with Crippen LogP contribution in [0.2, 0.25) is 0 Å². The summed E-state index contributed by atoms with van der Waals surface area (Å²) in [5, 5.41) is 0. The van der Waals surface area contributed by atoms with E-state index in [2.05, 4.69) is 6.92 Å². The number of nitrogens with zero attached hydrogens (tertiary/aromatic N) is 2. The summed E-state index contributed by atoms with van der Waals surface area (Å²) in [6, 6.07) is 7.56. The van der Waals surface area contributed by atoms with Crippen LogP contribution in [0.3, 0.4) is 0 Å². The van der Waals surface area contributed by atoms with E-state index in [1.54, 1.807) is 24.0 Å². The summed E-state index contributed by atoms with van der Waals surface area (Å²) in [6.07, 6.45) is 3.23. The number of piperidine rings is 1. The quantitative estimate of drug-likeness (QED) is 0.558. The number of likely N-dealkylation sites (tertiary alicyclic amines) is 1. The number of carbonyl (C=O) groups excluding carboxylic acids is 2. The molecular formula is C24H38N2O5. The van der Waals surface area contributed by atoms with Crippen LogP contribution in [-0.2, 0) is 14.3 Å². The first-order valence-corrected chi connectivity index (χ1v) is 11.1. The number of carbonyl (C=O) groups is 2. The predicted molar refractivity (Wildman–Crippen MR) is 122 cm³/mol. The van der Waals surface area contributed by atoms with Crippen LogP contribution in [0.4, 0.5) is 10.5 Å². The van der Waals surface area contributed by atoms with E-state index in [1.165, 1.54) is 0 Å². The van der Waals surface area contributed by atoms with Gasteiger partial charge in [0.25, 0.3) is 0 Å². The molecule has 2 amide bonds. The molecule has 0 radical (unpaired) electrons. The van der Waals surface area contributed by atoms with E-state index in [0.717, 1.165) is 24.3 Å². The van der Waals surface area contributed by atoms with Crippen molar-refractivity contribution < 1.29 is 23.8 Å². The highest BCUT2D eigenvalue weighted by atomic mass is 16.6. The highest BCUT2D eigenvalue weighted by Gasteiger charge is 2.39. The maximum Gasteiger partial charge on any atom is 0.410 e. The summed E-state index contributed by atoms with van der Waals surface area (Å²) >= 11 is 0. The molecule has 31 heavy (non-hydrogen) atoms. The molecule has 174 valence electrons. The molecule has 0 aromatic heterocycles. The van der Waals surface area contributed by atoms with Crippen molar-refractivity contribution in [2.45, 2.75) is 71.0 Å². The maximum atomic E-state index is 13.0. The number of amides is 2. The molecule has 0 spiro atoms. The van der Waals surface area contributed by atoms with Crippen molar-refractivity contribution in [1.29, 1.82) is 0 Å². The first-order chi connectivity index (χ1) is 14.6. The van der Waals surface area contributed by atoms with Crippen LogP contribution in [0.1, 0.15) is 59.8 Å². The molecule has 1 fully saturated rings. The van der Waals surface area contributed by atoms with Gasteiger partial charge in [-0.15, -0.1) is 0 Å². The minimum Gasteiger partial charge on any atom is -0.494 e. The molecule has 0 atom stereocenters. The summed E-state index contributed by atoms with van der Waals surface area (Å²) in [4.78, 5) is 28.6. The summed E-state index contributed by atoms with van der Waals surface area (Å²) < 4.78 is 16.9. The largest absolute Gasteiger partial charge is 0.494 e. The fourth-order valence-corrected chi connectivity index (χ4v) is 3.51. The summed E-state index contributed by atoms with van der Waals surface area (Å²) in [6.45, 7) is 9.39. The lowest BCUT2D eigenvalue weighted by atomic mass is 9.87. The number of ether oxygens (including phenoxy) is 3. The number of hydrogen-bond acceptors (Lipinski definition) is 5. The SMILES string of the molecule is CCCCOc1ccc(N(C)C(=O)CC2(OC)CCN(C(=O)OC(C)(C)C)CC2)cc1. The van der Waals surface area contributed by atoms with Crippen LogP contribution in [-0.4, -0.2) is 62.0 Å². The van der Waals surface area contributed by atoms with Gasteiger partial charge in [-0.25, -0.2) is 4.79 Å². The molecule has 0 unspecified atom stereocenters. The van der Waals surface area contributed by atoms with Gasteiger partial charge in [0.05, 0.1) is 18.6 Å². The molecule has 1 aromatic carbocycles. The number of benzene rings is 1. The average Bonchev–Trinajstić information content (AvgIpc) is 2.73. The van der Waals surface area contributed by atoms with E-state index in [1.807, 2.05) is 45.0 Å². The zero-order valence-electron chi connectivity index (χ0n) is 19.9. The molecule has 1 saturated heterocycles. The van der Waals surface area contributed by atoms with Crippen molar-refractivity contribution in [2.75, 3.05) is 38.8 Å². The lowest BCUT2D eigenvalue weighted by molar-refractivity contribution is -0.128. The second kappa shape index (κ2) is 10.8. The van der Waals surface area contributed by atoms with Gasteiger partial charge in [-0.05, 0) is 64.3 Å². The zero-order valence-corrected chi connectivity index (χ0v) is 19.9. The third kappa shape index (κ3) is 7.42. The lowest BCUT2D eigenvalue weighted by Crippen LogP contribution is -2.50. The monoisotopic (exact) mass is 434 g/mol. The highest BCUT2D eigenvalue weighted by molar-refractivity contribution is 5.93. The standard InChI is InChI=1S/C24H38N2O5/c1-7-8-17-30-20-11-9-19(10-12-20)25(5)21(27)18-24(29-6)13-15-26(16-14-24)22(28)31-23(2,3)4/h9-12H,7-8,13-18H2,1-6H3. The number of rotatable bonds is 8. The fourth-order valence-electron chi connectivity index (χ4n) is 3.51. The van der Waals surface area contributed by atoms with E-state index in [4.69, 9.17) is 14.2 Å². The first-order valence-electron chi connectivity index (χ1n) is 11.1. The van der Waals surface area contributed by atoms with Crippen LogP contribution in [0.15, 0.2) is 24.3 Å². The Labute approximate surface area is 186 Å². The van der Waals surface area contributed by atoms with Gasteiger partial charge in [0, 0.05) is 32.9 Å². The predicted octanol–water partition coefficient (Wildman–Crippen LogP) is 4.63. The van der Waals surface area contributed by atoms with Crippen molar-refractivity contribution in [1.82, 2.24) is 4.90 Å². The van der Waals surface area contributed by atoms with Crippen LogP contribution >= 0.6 is 0 Å². The highest BCUT2D eigenvalue weighted by Crippen LogP contribution is 2.31. The first kappa shape index (κ1) is 25.0. The Morgan fingerprint density at radius 1 is 1.13 bits per heavy atom. The fraction of sp³-hybridized carbons (Fsp3) is 0.667. The molecule has 1 aliphatic heterocycles. The second-order valence-electron chi connectivity index (χ2n) is 9.18. The van der Waals surface area contributed by atoms with E-state index in [0.29, 0.717) is 32.5 Å². The number of anilines is 1. The van der Waals surface area contributed by atoms with Crippen LogP contribution in [0.25, 0.3) is 0 Å². The van der Waals surface area contributed by atoms with Crippen molar-refractivity contribution >= 4 is 17.7 Å². The Kier molecular flexibility index (Phi) is 8.74. The van der Waals surface area contributed by atoms with Gasteiger partial charge in [0.15, 0.2) is 0 Å². The summed E-state index contributed by atoms with van der Waals surface area (Å²) in [5.74, 6) is 0.785. The Balaban J connectivity index is 1.93. The van der Waals surface area contributed by atoms with Gasteiger partial charge in [-0.1, -0.05) is 13.3 Å². The third-order valence-electron chi connectivity index (χ3n) is 5.60. The van der Waals surface area contributed by atoms with Gasteiger partial charge >= 0.3 is 6.09 Å². The van der Waals surface area contributed by atoms with E-state index < -0.39 is 11.2 Å². The molecule has 0 N–H and O–H groups in total. The zero-order chi connectivity index (χ0) is 23.1. The minimum absolute atomic E-state index is 0.0211. The van der Waals surface area contributed by atoms with E-state index in [9.17, 15) is 9.59 Å². The summed E-state index contributed by atoms with van der Waals surface area (Å²) in [5.41, 5.74) is -0.292. The Bertz CT molecular complexity index is 718. The van der Waals surface area contributed by atoms with Crippen LogP contribution in [0, 0.1) is 0 Å². The van der Waals surface area contributed by atoms with Gasteiger partial charge in [-0.2, -0.15) is 0 Å². The molecule has 1 aliphatic rings. The lowest BCUT2D eigenvalue weighted by Gasteiger charge is -2.41. The molecule has 0 aliphatic carbocycles. The van der Waals surface area contributed by atoms with Crippen molar-refractivity contribution in [3.63, 3.8) is 0 Å². The van der Waals surface area contributed by atoms with E-state index >= 15 is 0 Å². The van der Waals surface area contributed by atoms with Gasteiger partial charge in [0.2, 0.25) is 5.91 Å². The molecular weight excluding hydrogens is 396 g/mol. The average molecular weight is 435 g/mol. The molecule has 7 heteroatoms. The topological polar surface area (TPSA) is 68.3 Å². The number of hydrogen-bond donors (Lipinski definition) is 0. The van der Waals surface area contributed by atoms with Crippen molar-refractivity contribution in [2.24, 2.45) is 0 Å². The summed E-state index contributed by atoms with van der Waals surface area (Å²) in [7, 11) is 3.41.